The zero-order valence-electron chi connectivity index (χ0n) is 35.7. The van der Waals surface area contributed by atoms with Gasteiger partial charge in [0.05, 0.1) is 42.6 Å². The Bertz CT molecular complexity index is 2850. The predicted octanol–water partition coefficient (Wildman–Crippen LogP) is 7.54. The highest BCUT2D eigenvalue weighted by Crippen LogP contribution is 2.31. The van der Waals surface area contributed by atoms with Crippen LogP contribution in [-0.4, -0.2) is 122 Å². The zero-order valence-corrected chi connectivity index (χ0v) is 40.5. The molecule has 0 spiro atoms. The molecule has 2 aliphatic heterocycles. The highest BCUT2D eigenvalue weighted by molar-refractivity contribution is 9.10. The van der Waals surface area contributed by atoms with Crippen LogP contribution in [0, 0.1) is 0 Å². The van der Waals surface area contributed by atoms with Gasteiger partial charge in [0.25, 0.3) is 0 Å². The Morgan fingerprint density at radius 1 is 0.609 bits per heavy atom. The van der Waals surface area contributed by atoms with E-state index in [0.29, 0.717) is 28.1 Å². The number of carbonyl (C=O) groups is 4. The van der Waals surface area contributed by atoms with Crippen molar-refractivity contribution in [3.05, 3.63) is 129 Å². The topological polar surface area (TPSA) is 200 Å². The number of benzene rings is 4. The van der Waals surface area contributed by atoms with E-state index in [9.17, 15) is 62.4 Å². The second-order valence-corrected chi connectivity index (χ2v) is 21.8. The van der Waals surface area contributed by atoms with Crippen LogP contribution in [0.15, 0.2) is 110 Å². The number of sulfone groups is 2. The molecule has 26 heteroatoms. The van der Waals surface area contributed by atoms with Crippen LogP contribution in [0.2, 0.25) is 0 Å². The van der Waals surface area contributed by atoms with Crippen molar-refractivity contribution < 1.29 is 66.8 Å². The first-order valence-corrected chi connectivity index (χ1v) is 25.6. The van der Waals surface area contributed by atoms with Gasteiger partial charge in [0, 0.05) is 57.6 Å². The molecule has 5 amide bonds. The molecule has 0 atom stereocenters. The lowest BCUT2D eigenvalue weighted by Crippen LogP contribution is -2.49. The standard InChI is InChI=1S/C22H21BrF3N3O5S.C21H18BrF3N4O4S/c23-17-5-7-18(8-6-17)29(21(32)28-9-11-35(33,34)12-10-28)14-15-1-3-16(4-2-15)19(30)13-27-20(31)22(24,25)26;22-16-5-7-17(8-6-16)29(20(30)28-9-11-34(31,32)12-10-28)13-14-1-3-15(4-2-14)18-26-27-19(33-18)21(23,24)25/h1-8H,9-14H2,(H,27,31);1-8H,9-13H2. The largest absolute Gasteiger partial charge is 0.471 e. The molecule has 3 heterocycles. The number of urea groups is 2. The first kappa shape index (κ1) is 52.5. The lowest BCUT2D eigenvalue weighted by molar-refractivity contribution is -0.173. The van der Waals surface area contributed by atoms with Gasteiger partial charge in [-0.1, -0.05) is 68.3 Å². The lowest BCUT2D eigenvalue weighted by atomic mass is 10.1. The van der Waals surface area contributed by atoms with Crippen LogP contribution in [-0.2, 0) is 43.7 Å². The molecule has 0 bridgehead atoms. The number of ketones is 1. The minimum absolute atomic E-state index is 0.0747. The number of hydrogen-bond acceptors (Lipinski definition) is 11. The van der Waals surface area contributed by atoms with Crippen LogP contribution < -0.4 is 15.1 Å². The van der Waals surface area contributed by atoms with Crippen LogP contribution >= 0.6 is 31.9 Å². The number of aromatic nitrogens is 2. The molecule has 1 N–H and O–H groups in total. The quantitative estimate of drug-likeness (QED) is 0.107. The number of amides is 5. The van der Waals surface area contributed by atoms with Crippen molar-refractivity contribution in [2.45, 2.75) is 25.4 Å². The molecule has 16 nitrogen and oxygen atoms in total. The Morgan fingerprint density at radius 2 is 1.01 bits per heavy atom. The van der Waals surface area contributed by atoms with Gasteiger partial charge in [0.15, 0.2) is 25.5 Å². The van der Waals surface area contributed by atoms with Gasteiger partial charge in [-0.25, -0.2) is 26.4 Å². The fourth-order valence-corrected chi connectivity index (χ4v) is 9.59. The fraction of sp³-hybridized carbons (Fsp3) is 0.302. The highest BCUT2D eigenvalue weighted by Gasteiger charge is 2.39. The van der Waals surface area contributed by atoms with Gasteiger partial charge in [-0.05, 0) is 71.8 Å². The third-order valence-corrected chi connectivity index (χ3v) is 14.7. The minimum Gasteiger partial charge on any atom is -0.413 e. The number of carbonyl (C=O) groups excluding carboxylic acids is 4. The molecule has 69 heavy (non-hydrogen) atoms. The van der Waals surface area contributed by atoms with Crippen molar-refractivity contribution in [3.63, 3.8) is 0 Å². The fourth-order valence-electron chi connectivity index (χ4n) is 6.66. The average molecular weight is 1140 g/mol. The number of nitrogens with zero attached hydrogens (tertiary/aromatic N) is 6. The van der Waals surface area contributed by atoms with Gasteiger partial charge in [0.1, 0.15) is 0 Å². The first-order chi connectivity index (χ1) is 32.4. The van der Waals surface area contributed by atoms with Gasteiger partial charge in [0.2, 0.25) is 5.89 Å². The summed E-state index contributed by atoms with van der Waals surface area (Å²) in [6.07, 6.45) is -9.81. The zero-order chi connectivity index (χ0) is 50.3. The Kier molecular flexibility index (Phi) is 16.6. The molecule has 4 aromatic carbocycles. The summed E-state index contributed by atoms with van der Waals surface area (Å²) in [5, 5.41) is 7.99. The summed E-state index contributed by atoms with van der Waals surface area (Å²) in [5.41, 5.74) is 2.90. The molecule has 5 aromatic rings. The van der Waals surface area contributed by atoms with Gasteiger partial charge in [-0.2, -0.15) is 26.3 Å². The van der Waals surface area contributed by atoms with Crippen LogP contribution in [0.4, 0.5) is 47.3 Å². The number of hydrogen-bond donors (Lipinski definition) is 1. The third-order valence-electron chi connectivity index (χ3n) is 10.5. The number of Topliss-reactive ketones (excluding diaryl/α,β-unsaturated/α-hetero) is 1. The summed E-state index contributed by atoms with van der Waals surface area (Å²) in [7, 11) is -6.33. The van der Waals surface area contributed by atoms with Crippen LogP contribution in [0.3, 0.4) is 0 Å². The van der Waals surface area contributed by atoms with Crippen LogP contribution in [0.1, 0.15) is 27.4 Å². The van der Waals surface area contributed by atoms with E-state index in [1.165, 1.54) is 49.2 Å². The number of nitrogens with one attached hydrogen (secondary N) is 1. The smallest absolute Gasteiger partial charge is 0.413 e. The van der Waals surface area contributed by atoms with Crippen molar-refractivity contribution in [2.24, 2.45) is 0 Å². The molecule has 0 aliphatic carbocycles. The molecule has 2 fully saturated rings. The molecule has 0 unspecified atom stereocenters. The molecule has 0 saturated carbocycles. The maximum atomic E-state index is 13.3. The summed E-state index contributed by atoms with van der Waals surface area (Å²) >= 11 is 6.70. The van der Waals surface area contributed by atoms with Gasteiger partial charge < -0.3 is 19.5 Å². The lowest BCUT2D eigenvalue weighted by Gasteiger charge is -2.33. The van der Waals surface area contributed by atoms with Gasteiger partial charge in [-0.15, -0.1) is 10.2 Å². The van der Waals surface area contributed by atoms with E-state index in [0.717, 1.165) is 8.95 Å². The molecule has 368 valence electrons. The Balaban J connectivity index is 0.000000227. The monoisotopic (exact) mass is 1130 g/mol. The van der Waals surface area contributed by atoms with E-state index in [1.54, 1.807) is 72.8 Å². The number of halogens is 8. The van der Waals surface area contributed by atoms with Gasteiger partial charge >= 0.3 is 36.2 Å². The molecule has 0 radical (unpaired) electrons. The maximum absolute atomic E-state index is 13.3. The van der Waals surface area contributed by atoms with Crippen molar-refractivity contribution in [2.75, 3.05) is 65.5 Å². The van der Waals surface area contributed by atoms with Crippen LogP contribution in [0.25, 0.3) is 11.5 Å². The summed E-state index contributed by atoms with van der Waals surface area (Å²) in [6, 6.07) is 25.6. The Hall–Kier alpha value is -5.86. The molecule has 2 saturated heterocycles. The molecular weight excluding hydrogens is 1100 g/mol. The van der Waals surface area contributed by atoms with E-state index in [4.69, 9.17) is 4.42 Å². The number of alkyl halides is 6. The van der Waals surface area contributed by atoms with Crippen molar-refractivity contribution >= 4 is 86.7 Å². The summed E-state index contributed by atoms with van der Waals surface area (Å²) in [4.78, 5) is 55.5. The SMILES string of the molecule is O=C(CNC(=O)C(F)(F)F)c1ccc(CN(C(=O)N2CCS(=O)(=O)CC2)c2ccc(Br)cc2)cc1.O=C(N1CCS(=O)(=O)CC1)N(Cc1ccc(-c2nnc(C(F)(F)F)o2)cc1)c1ccc(Br)cc1. The van der Waals surface area contributed by atoms with E-state index < -0.39 is 56.2 Å². The predicted molar refractivity (Wildman–Crippen MR) is 246 cm³/mol. The average Bonchev–Trinajstić information content (AvgIpc) is 3.82. The second-order valence-electron chi connectivity index (χ2n) is 15.4. The summed E-state index contributed by atoms with van der Waals surface area (Å²) in [5.74, 6) is -5.02. The van der Waals surface area contributed by atoms with Crippen molar-refractivity contribution in [1.82, 2.24) is 25.3 Å². The van der Waals surface area contributed by atoms with E-state index >= 15 is 0 Å². The molecule has 7 rings (SSSR count). The number of rotatable bonds is 10. The third kappa shape index (κ3) is 14.6. The highest BCUT2D eigenvalue weighted by atomic mass is 79.9. The maximum Gasteiger partial charge on any atom is 0.471 e. The van der Waals surface area contributed by atoms with Crippen molar-refractivity contribution in [3.8, 4) is 11.5 Å². The van der Waals surface area contributed by atoms with E-state index in [2.05, 4.69) is 42.1 Å². The molecule has 2 aliphatic rings. The second kappa shape index (κ2) is 21.8. The van der Waals surface area contributed by atoms with E-state index in [1.807, 2.05) is 0 Å². The first-order valence-electron chi connectivity index (χ1n) is 20.4. The Labute approximate surface area is 407 Å². The summed E-state index contributed by atoms with van der Waals surface area (Å²) < 4.78 is 128. The summed E-state index contributed by atoms with van der Waals surface area (Å²) in [6.45, 7) is -0.197. The van der Waals surface area contributed by atoms with Gasteiger partial charge in [-0.3, -0.25) is 19.4 Å². The van der Waals surface area contributed by atoms with Crippen molar-refractivity contribution in [1.29, 1.82) is 0 Å². The normalized spacial score (nSPS) is 15.6. The van der Waals surface area contributed by atoms with Crippen LogP contribution in [0.5, 0.6) is 0 Å². The van der Waals surface area contributed by atoms with E-state index in [-0.39, 0.29) is 85.8 Å². The molecular formula is C43H39Br2F6N7O9S2. The Morgan fingerprint density at radius 3 is 1.39 bits per heavy atom. The molecule has 1 aromatic heterocycles. The number of anilines is 2. The minimum atomic E-state index is -5.08.